The van der Waals surface area contributed by atoms with Gasteiger partial charge in [0.15, 0.2) is 0 Å². The molecule has 2 nitrogen and oxygen atoms in total. The maximum Gasteiger partial charge on any atom is 0.281 e. The van der Waals surface area contributed by atoms with E-state index in [0.717, 1.165) is 0 Å². The topological polar surface area (TPSA) is 29.1 Å². The van der Waals surface area contributed by atoms with Crippen LogP contribution in [-0.2, 0) is 0 Å². The Morgan fingerprint density at radius 1 is 1.67 bits per heavy atom. The SMILES string of the molecule is CC(C)=S1C=CNC1=O. The minimum absolute atomic E-state index is 0.120. The molecule has 0 fully saturated rings. The minimum atomic E-state index is -0.238. The van der Waals surface area contributed by atoms with Crippen LogP contribution in [0.2, 0.25) is 0 Å². The molecule has 1 aliphatic heterocycles. The lowest BCUT2D eigenvalue weighted by Crippen LogP contribution is -2.06. The van der Waals surface area contributed by atoms with Crippen LogP contribution in [0.25, 0.3) is 0 Å². The normalized spacial score (nSPS) is 24.2. The molecule has 1 heterocycles. The van der Waals surface area contributed by atoms with E-state index in [4.69, 9.17) is 0 Å². The van der Waals surface area contributed by atoms with Gasteiger partial charge in [0.25, 0.3) is 5.24 Å². The van der Waals surface area contributed by atoms with Crippen molar-refractivity contribution in [1.29, 1.82) is 0 Å². The van der Waals surface area contributed by atoms with E-state index < -0.39 is 0 Å². The highest BCUT2D eigenvalue weighted by molar-refractivity contribution is 8.30. The third-order valence-corrected chi connectivity index (χ3v) is 2.85. The van der Waals surface area contributed by atoms with Crippen molar-refractivity contribution in [3.63, 3.8) is 0 Å². The van der Waals surface area contributed by atoms with Crippen molar-refractivity contribution in [2.45, 2.75) is 13.8 Å². The summed E-state index contributed by atoms with van der Waals surface area (Å²) in [4.78, 5) is 12.0. The van der Waals surface area contributed by atoms with Crippen LogP contribution >= 0.6 is 10.5 Å². The monoisotopic (exact) mass is 143 g/mol. The molecule has 0 radical (unpaired) electrons. The highest BCUT2D eigenvalue weighted by atomic mass is 32.2. The van der Waals surface area contributed by atoms with Crippen molar-refractivity contribution in [3.05, 3.63) is 11.6 Å². The molecule has 50 valence electrons. The third kappa shape index (κ3) is 1.21. The summed E-state index contributed by atoms with van der Waals surface area (Å²) >= 11 is 0. The number of carbonyl (C=O) groups excluding carboxylic acids is 1. The molecule has 1 N–H and O–H groups in total. The van der Waals surface area contributed by atoms with Crippen LogP contribution in [-0.4, -0.2) is 10.1 Å². The summed E-state index contributed by atoms with van der Waals surface area (Å²) in [5.74, 6) is 0. The molecular weight excluding hydrogens is 134 g/mol. The van der Waals surface area contributed by atoms with Crippen molar-refractivity contribution in [2.24, 2.45) is 0 Å². The van der Waals surface area contributed by atoms with Crippen molar-refractivity contribution >= 4 is 20.6 Å². The van der Waals surface area contributed by atoms with Gasteiger partial charge in [-0.1, -0.05) is 10.5 Å². The van der Waals surface area contributed by atoms with Crippen molar-refractivity contribution in [2.75, 3.05) is 0 Å². The zero-order chi connectivity index (χ0) is 6.85. The Morgan fingerprint density at radius 2 is 2.33 bits per heavy atom. The summed E-state index contributed by atoms with van der Waals surface area (Å²) in [6.07, 6.45) is 1.71. The first kappa shape index (κ1) is 6.55. The quantitative estimate of drug-likeness (QED) is 0.513. The maximum absolute atomic E-state index is 10.8. The van der Waals surface area contributed by atoms with E-state index in [2.05, 4.69) is 5.32 Å². The average molecular weight is 143 g/mol. The number of carbonyl (C=O) groups is 1. The van der Waals surface area contributed by atoms with Crippen molar-refractivity contribution in [1.82, 2.24) is 5.32 Å². The van der Waals surface area contributed by atoms with Gasteiger partial charge in [0.05, 0.1) is 0 Å². The fourth-order valence-electron chi connectivity index (χ4n) is 0.617. The van der Waals surface area contributed by atoms with Gasteiger partial charge in [0, 0.05) is 6.20 Å². The molecule has 0 saturated heterocycles. The Hall–Kier alpha value is -0.570. The molecule has 3 heteroatoms. The first-order valence-corrected chi connectivity index (χ1v) is 4.01. The molecule has 1 atom stereocenters. The molecule has 0 aliphatic carbocycles. The van der Waals surface area contributed by atoms with Gasteiger partial charge in [-0.15, -0.1) is 0 Å². The van der Waals surface area contributed by atoms with Crippen LogP contribution in [0.3, 0.4) is 0 Å². The molecule has 1 amide bonds. The lowest BCUT2D eigenvalue weighted by Gasteiger charge is -1.95. The number of rotatable bonds is 0. The predicted molar refractivity (Wildman–Crippen MR) is 41.6 cm³/mol. The van der Waals surface area contributed by atoms with E-state index in [1.54, 1.807) is 6.20 Å². The Balaban J connectivity index is 2.95. The number of hydrogen-bond acceptors (Lipinski definition) is 1. The molecule has 0 saturated carbocycles. The zero-order valence-electron chi connectivity index (χ0n) is 5.47. The highest BCUT2D eigenvalue weighted by Gasteiger charge is 2.08. The molecule has 0 bridgehead atoms. The standard InChI is InChI=1S/C6H9NOS/c1-5(2)9-4-3-7-6(9)8/h3-4H,1-2H3,(H,7,8). The van der Waals surface area contributed by atoms with Gasteiger partial charge in [0.1, 0.15) is 0 Å². The average Bonchev–Trinajstić information content (AvgIpc) is 2.13. The van der Waals surface area contributed by atoms with Gasteiger partial charge in [-0.05, 0) is 24.1 Å². The molecule has 0 aromatic heterocycles. The van der Waals surface area contributed by atoms with E-state index in [9.17, 15) is 4.79 Å². The van der Waals surface area contributed by atoms with E-state index in [1.165, 1.54) is 4.86 Å². The van der Waals surface area contributed by atoms with Gasteiger partial charge in [-0.3, -0.25) is 4.79 Å². The van der Waals surface area contributed by atoms with Crippen molar-refractivity contribution < 1.29 is 4.79 Å². The van der Waals surface area contributed by atoms with E-state index in [1.807, 2.05) is 19.3 Å². The molecule has 1 rings (SSSR count). The predicted octanol–water partition coefficient (Wildman–Crippen LogP) is 1.66. The number of amides is 1. The van der Waals surface area contributed by atoms with Gasteiger partial charge in [0.2, 0.25) is 0 Å². The van der Waals surface area contributed by atoms with Crippen LogP contribution in [0.4, 0.5) is 4.79 Å². The van der Waals surface area contributed by atoms with Gasteiger partial charge < -0.3 is 5.32 Å². The third-order valence-electron chi connectivity index (χ3n) is 1.04. The van der Waals surface area contributed by atoms with Gasteiger partial charge in [-0.2, -0.15) is 0 Å². The molecule has 0 aromatic carbocycles. The lowest BCUT2D eigenvalue weighted by atomic mass is 10.6. The Morgan fingerprint density at radius 3 is 2.56 bits per heavy atom. The summed E-state index contributed by atoms with van der Waals surface area (Å²) in [5.41, 5.74) is 0. The first-order chi connectivity index (χ1) is 4.22. The van der Waals surface area contributed by atoms with Crippen LogP contribution in [0.5, 0.6) is 0 Å². The molecule has 1 unspecified atom stereocenters. The van der Waals surface area contributed by atoms with Crippen LogP contribution in [0.1, 0.15) is 13.8 Å². The molecule has 0 spiro atoms. The number of nitrogens with one attached hydrogen (secondary N) is 1. The summed E-state index contributed by atoms with van der Waals surface area (Å²) < 4.78 is 0. The zero-order valence-corrected chi connectivity index (χ0v) is 6.29. The Labute approximate surface area is 56.9 Å². The van der Waals surface area contributed by atoms with Gasteiger partial charge in [-0.25, -0.2) is 0 Å². The van der Waals surface area contributed by atoms with E-state index in [-0.39, 0.29) is 15.7 Å². The van der Waals surface area contributed by atoms with Crippen LogP contribution in [0, 0.1) is 0 Å². The summed E-state index contributed by atoms with van der Waals surface area (Å²) in [6.45, 7) is 3.94. The molecule has 9 heavy (non-hydrogen) atoms. The second-order valence-corrected chi connectivity index (χ2v) is 4.12. The summed E-state index contributed by atoms with van der Waals surface area (Å²) in [6, 6.07) is 0. The number of hydrogen-bond donors (Lipinski definition) is 1. The molecule has 0 aromatic rings. The largest absolute Gasteiger partial charge is 0.323 e. The fraction of sp³-hybridized carbons (Fsp3) is 0.333. The van der Waals surface area contributed by atoms with Crippen LogP contribution in [0.15, 0.2) is 11.6 Å². The van der Waals surface area contributed by atoms with Crippen LogP contribution < -0.4 is 5.32 Å². The second-order valence-electron chi connectivity index (χ2n) is 1.98. The minimum Gasteiger partial charge on any atom is -0.323 e. The smallest absolute Gasteiger partial charge is 0.281 e. The maximum atomic E-state index is 10.8. The van der Waals surface area contributed by atoms with Crippen molar-refractivity contribution in [3.8, 4) is 0 Å². The highest BCUT2D eigenvalue weighted by Crippen LogP contribution is 2.21. The second kappa shape index (κ2) is 2.35. The van der Waals surface area contributed by atoms with Gasteiger partial charge >= 0.3 is 0 Å². The molecule has 1 aliphatic rings. The fourth-order valence-corrected chi connectivity index (χ4v) is 1.78. The Bertz CT molecular complexity index is 201. The Kier molecular flexibility index (Phi) is 1.71. The first-order valence-electron chi connectivity index (χ1n) is 2.72. The van der Waals surface area contributed by atoms with E-state index >= 15 is 0 Å². The summed E-state index contributed by atoms with van der Waals surface area (Å²) in [5, 5.41) is 4.64. The lowest BCUT2D eigenvalue weighted by molar-refractivity contribution is 0.264. The van der Waals surface area contributed by atoms with E-state index in [0.29, 0.717) is 0 Å². The molecular formula is C6H9NOS. The summed E-state index contributed by atoms with van der Waals surface area (Å²) in [7, 11) is -0.238.